The molecule has 0 bridgehead atoms. The zero-order chi connectivity index (χ0) is 22.0. The van der Waals surface area contributed by atoms with Gasteiger partial charge in [-0.2, -0.15) is 0 Å². The van der Waals surface area contributed by atoms with E-state index in [0.29, 0.717) is 16.8 Å². The number of hydrogen-bond donors (Lipinski definition) is 0. The van der Waals surface area contributed by atoms with Crippen molar-refractivity contribution in [1.82, 2.24) is 4.90 Å². The fraction of sp³-hybridized carbons (Fsp3) is 0.417. The minimum Gasteiger partial charge on any atom is -0.287 e. The van der Waals surface area contributed by atoms with E-state index in [1.54, 1.807) is 6.07 Å². The summed E-state index contributed by atoms with van der Waals surface area (Å²) >= 11 is 1.48. The van der Waals surface area contributed by atoms with Gasteiger partial charge in [0.05, 0.1) is 10.6 Å². The molecule has 0 N–H and O–H groups in total. The van der Waals surface area contributed by atoms with Crippen molar-refractivity contribution in [1.29, 1.82) is 0 Å². The first-order chi connectivity index (χ1) is 15.0. The summed E-state index contributed by atoms with van der Waals surface area (Å²) in [5.74, 6) is 0.545. The van der Waals surface area contributed by atoms with Gasteiger partial charge in [-0.3, -0.25) is 19.8 Å². The molecule has 2 aromatic rings. The van der Waals surface area contributed by atoms with Gasteiger partial charge < -0.3 is 0 Å². The Kier molecular flexibility index (Phi) is 6.41. The van der Waals surface area contributed by atoms with E-state index in [4.69, 9.17) is 4.99 Å². The van der Waals surface area contributed by atoms with Gasteiger partial charge in [0.1, 0.15) is 5.25 Å². The predicted molar refractivity (Wildman–Crippen MR) is 125 cm³/mol. The molecule has 31 heavy (non-hydrogen) atoms. The zero-order valence-corrected chi connectivity index (χ0v) is 18.7. The van der Waals surface area contributed by atoms with Crippen molar-refractivity contribution in [3.8, 4) is 0 Å². The van der Waals surface area contributed by atoms with E-state index in [2.05, 4.69) is 6.92 Å². The second kappa shape index (κ2) is 9.22. The standard InChI is InChI=1S/C24H27N3O3S/c1-16-15-20(27(29)30)13-14-21(16)25-24-26(17(2)18-9-5-3-6-10-18)23(28)22(31-24)19-11-7-4-8-12-19/h4,7-8,11-15,17-18,22H,3,5-6,9-10H2,1-2H3/t17-,22?/m0/s1. The van der Waals surface area contributed by atoms with Gasteiger partial charge in [-0.15, -0.1) is 0 Å². The second-order valence-electron chi connectivity index (χ2n) is 8.38. The van der Waals surface area contributed by atoms with E-state index in [1.807, 2.05) is 42.2 Å². The molecule has 1 amide bonds. The number of aliphatic imine (C=N–C) groups is 1. The number of aryl methyl sites for hydroxylation is 1. The Hall–Kier alpha value is -2.67. The Balaban J connectivity index is 1.71. The minimum absolute atomic E-state index is 0.0474. The van der Waals surface area contributed by atoms with Crippen LogP contribution in [0.15, 0.2) is 53.5 Å². The summed E-state index contributed by atoms with van der Waals surface area (Å²) < 4.78 is 0. The molecular weight excluding hydrogens is 410 g/mol. The summed E-state index contributed by atoms with van der Waals surface area (Å²) in [4.78, 5) is 31.0. The molecule has 162 valence electrons. The van der Waals surface area contributed by atoms with Crippen LogP contribution in [0, 0.1) is 23.0 Å². The van der Waals surface area contributed by atoms with Crippen LogP contribution in [0.25, 0.3) is 0 Å². The fourth-order valence-corrected chi connectivity index (χ4v) is 5.78. The molecule has 2 atom stereocenters. The summed E-state index contributed by atoms with van der Waals surface area (Å²) in [6.07, 6.45) is 5.95. The second-order valence-corrected chi connectivity index (χ2v) is 9.45. The molecule has 2 aliphatic rings. The number of carbonyl (C=O) groups is 1. The van der Waals surface area contributed by atoms with E-state index in [1.165, 1.54) is 43.2 Å². The number of hydrogen-bond acceptors (Lipinski definition) is 5. The lowest BCUT2D eigenvalue weighted by atomic mass is 9.84. The molecular formula is C24H27N3O3S. The smallest absolute Gasteiger partial charge is 0.269 e. The third kappa shape index (κ3) is 4.51. The van der Waals surface area contributed by atoms with E-state index >= 15 is 0 Å². The monoisotopic (exact) mass is 437 g/mol. The van der Waals surface area contributed by atoms with E-state index in [9.17, 15) is 14.9 Å². The highest BCUT2D eigenvalue weighted by atomic mass is 32.2. The molecule has 6 nitrogen and oxygen atoms in total. The number of benzene rings is 2. The van der Waals surface area contributed by atoms with Crippen molar-refractivity contribution in [2.24, 2.45) is 10.9 Å². The third-order valence-electron chi connectivity index (χ3n) is 6.34. The molecule has 1 saturated heterocycles. The highest BCUT2D eigenvalue weighted by Gasteiger charge is 2.43. The first kappa shape index (κ1) is 21.6. The number of carbonyl (C=O) groups excluding carboxylic acids is 1. The van der Waals surface area contributed by atoms with E-state index in [0.717, 1.165) is 24.0 Å². The quantitative estimate of drug-likeness (QED) is 0.414. The average molecular weight is 438 g/mol. The Morgan fingerprint density at radius 2 is 1.84 bits per heavy atom. The summed E-state index contributed by atoms with van der Waals surface area (Å²) in [7, 11) is 0. The first-order valence-electron chi connectivity index (χ1n) is 10.8. The van der Waals surface area contributed by atoms with Crippen LogP contribution in [-0.4, -0.2) is 26.9 Å². The zero-order valence-electron chi connectivity index (χ0n) is 17.9. The van der Waals surface area contributed by atoms with Crippen LogP contribution in [0.5, 0.6) is 0 Å². The number of nitrogens with zero attached hydrogens (tertiary/aromatic N) is 3. The lowest BCUT2D eigenvalue weighted by Crippen LogP contribution is -2.43. The van der Waals surface area contributed by atoms with Crippen LogP contribution in [0.1, 0.15) is 55.4 Å². The summed E-state index contributed by atoms with van der Waals surface area (Å²) in [6, 6.07) is 14.6. The maximum absolute atomic E-state index is 13.6. The molecule has 7 heteroatoms. The van der Waals surface area contributed by atoms with Gasteiger partial charge in [-0.1, -0.05) is 61.4 Å². The molecule has 1 heterocycles. The van der Waals surface area contributed by atoms with Crippen molar-refractivity contribution in [2.75, 3.05) is 0 Å². The number of amidine groups is 1. The Labute approximate surface area is 186 Å². The first-order valence-corrected chi connectivity index (χ1v) is 11.7. The molecule has 4 rings (SSSR count). The number of amides is 1. The van der Waals surface area contributed by atoms with Crippen LogP contribution in [0.2, 0.25) is 0 Å². The number of non-ortho nitro benzene ring substituents is 1. The molecule has 1 unspecified atom stereocenters. The number of rotatable bonds is 5. The Morgan fingerprint density at radius 1 is 1.13 bits per heavy atom. The molecule has 0 radical (unpaired) electrons. The van der Waals surface area contributed by atoms with Crippen LogP contribution in [-0.2, 0) is 4.79 Å². The molecule has 1 aliphatic heterocycles. The van der Waals surface area contributed by atoms with Gasteiger partial charge in [0.2, 0.25) is 5.91 Å². The number of thioether (sulfide) groups is 1. The third-order valence-corrected chi connectivity index (χ3v) is 7.55. The highest BCUT2D eigenvalue weighted by molar-refractivity contribution is 8.15. The van der Waals surface area contributed by atoms with Crippen LogP contribution < -0.4 is 0 Å². The lowest BCUT2D eigenvalue weighted by Gasteiger charge is -2.34. The van der Waals surface area contributed by atoms with Crippen molar-refractivity contribution >= 4 is 34.2 Å². The Morgan fingerprint density at radius 3 is 2.48 bits per heavy atom. The van der Waals surface area contributed by atoms with Gasteiger partial charge in [0, 0.05) is 18.2 Å². The largest absolute Gasteiger partial charge is 0.287 e. The van der Waals surface area contributed by atoms with Crippen LogP contribution in [0.3, 0.4) is 0 Å². The SMILES string of the molecule is Cc1cc([N+](=O)[O-])ccc1N=C1SC(c2ccccc2)C(=O)N1[C@@H](C)C1CCCCC1. The Bertz CT molecular complexity index is 1000. The predicted octanol–water partition coefficient (Wildman–Crippen LogP) is 6.18. The molecule has 2 aromatic carbocycles. The van der Waals surface area contributed by atoms with E-state index < -0.39 is 4.92 Å². The number of nitro benzene ring substituents is 1. The van der Waals surface area contributed by atoms with Crippen LogP contribution >= 0.6 is 11.8 Å². The highest BCUT2D eigenvalue weighted by Crippen LogP contribution is 2.44. The van der Waals surface area contributed by atoms with Gasteiger partial charge >= 0.3 is 0 Å². The molecule has 0 aromatic heterocycles. The summed E-state index contributed by atoms with van der Waals surface area (Å²) in [6.45, 7) is 3.96. The van der Waals surface area contributed by atoms with Gasteiger partial charge in [0.25, 0.3) is 5.69 Å². The maximum atomic E-state index is 13.6. The molecule has 2 fully saturated rings. The minimum atomic E-state index is -0.402. The lowest BCUT2D eigenvalue weighted by molar-refractivity contribution is -0.384. The molecule has 1 aliphatic carbocycles. The normalized spacial score (nSPS) is 22.1. The molecule has 1 saturated carbocycles. The summed E-state index contributed by atoms with van der Waals surface area (Å²) in [5, 5.41) is 11.5. The molecule has 0 spiro atoms. The number of nitro groups is 1. The fourth-order valence-electron chi connectivity index (χ4n) is 4.54. The van der Waals surface area contributed by atoms with Crippen molar-refractivity contribution < 1.29 is 9.72 Å². The van der Waals surface area contributed by atoms with E-state index in [-0.39, 0.29) is 22.9 Å². The average Bonchev–Trinajstić information content (AvgIpc) is 3.11. The van der Waals surface area contributed by atoms with Crippen LogP contribution in [0.4, 0.5) is 11.4 Å². The van der Waals surface area contributed by atoms with Gasteiger partial charge in [0.15, 0.2) is 5.17 Å². The van der Waals surface area contributed by atoms with Gasteiger partial charge in [-0.25, -0.2) is 4.99 Å². The summed E-state index contributed by atoms with van der Waals surface area (Å²) in [5.41, 5.74) is 2.41. The van der Waals surface area contributed by atoms with Crippen molar-refractivity contribution in [3.63, 3.8) is 0 Å². The topological polar surface area (TPSA) is 75.8 Å². The van der Waals surface area contributed by atoms with Crippen molar-refractivity contribution in [3.05, 3.63) is 69.8 Å². The van der Waals surface area contributed by atoms with Gasteiger partial charge in [-0.05, 0) is 49.8 Å². The van der Waals surface area contributed by atoms with Crippen molar-refractivity contribution in [2.45, 2.75) is 57.2 Å². The maximum Gasteiger partial charge on any atom is 0.269 e.